The predicted molar refractivity (Wildman–Crippen MR) is 76.2 cm³/mol. The summed E-state index contributed by atoms with van der Waals surface area (Å²) < 4.78 is 2.13. The van der Waals surface area contributed by atoms with Gasteiger partial charge in [-0.3, -0.25) is 10.1 Å². The molecular weight excluding hydrogens is 256 g/mol. The van der Waals surface area contributed by atoms with Crippen LogP contribution < -0.4 is 5.32 Å². The van der Waals surface area contributed by atoms with Gasteiger partial charge < -0.3 is 9.88 Å². The van der Waals surface area contributed by atoms with Crippen LogP contribution in [0.4, 0.5) is 5.69 Å². The van der Waals surface area contributed by atoms with Gasteiger partial charge >= 0.3 is 0 Å². The van der Waals surface area contributed by atoms with Crippen molar-refractivity contribution in [2.75, 3.05) is 0 Å². The van der Waals surface area contributed by atoms with Crippen LogP contribution in [-0.4, -0.2) is 14.5 Å². The summed E-state index contributed by atoms with van der Waals surface area (Å²) in [5, 5.41) is 13.9. The summed E-state index contributed by atoms with van der Waals surface area (Å²) in [6.07, 6.45) is 4.77. The largest absolute Gasteiger partial charge is 0.333 e. The van der Waals surface area contributed by atoms with E-state index in [4.69, 9.17) is 0 Å². The maximum atomic E-state index is 10.6. The van der Waals surface area contributed by atoms with Gasteiger partial charge in [-0.05, 0) is 12.0 Å². The van der Waals surface area contributed by atoms with E-state index in [-0.39, 0.29) is 10.6 Å². The number of aryl methyl sites for hydroxylation is 1. The normalized spacial score (nSPS) is 10.7. The van der Waals surface area contributed by atoms with Crippen molar-refractivity contribution in [1.29, 1.82) is 0 Å². The highest BCUT2D eigenvalue weighted by atomic mass is 16.6. The van der Waals surface area contributed by atoms with Gasteiger partial charge in [0.05, 0.1) is 16.9 Å². The minimum Gasteiger partial charge on any atom is -0.333 e. The molecule has 0 saturated carbocycles. The topological polar surface area (TPSA) is 73.0 Å². The monoisotopic (exact) mass is 274 g/mol. The third-order valence-electron chi connectivity index (χ3n) is 3.05. The number of aromatic nitrogens is 2. The number of hydrogen-bond donors (Lipinski definition) is 1. The molecule has 6 nitrogen and oxygen atoms in total. The Bertz CT molecular complexity index is 563. The first-order valence-electron chi connectivity index (χ1n) is 6.63. The molecule has 20 heavy (non-hydrogen) atoms. The van der Waals surface area contributed by atoms with Crippen LogP contribution in [0.25, 0.3) is 0 Å². The van der Waals surface area contributed by atoms with Crippen LogP contribution in [0.3, 0.4) is 0 Å². The van der Waals surface area contributed by atoms with Gasteiger partial charge in [0.25, 0.3) is 5.69 Å². The molecule has 106 valence electrons. The van der Waals surface area contributed by atoms with E-state index in [0.29, 0.717) is 6.54 Å². The van der Waals surface area contributed by atoms with E-state index in [1.54, 1.807) is 12.1 Å². The lowest BCUT2D eigenvalue weighted by Gasteiger charge is -2.08. The van der Waals surface area contributed by atoms with E-state index in [0.717, 1.165) is 30.8 Å². The minimum atomic E-state index is -0.388. The molecule has 2 aromatic rings. The molecule has 1 N–H and O–H groups in total. The fourth-order valence-electron chi connectivity index (χ4n) is 2.01. The second-order valence-electron chi connectivity index (χ2n) is 4.61. The Labute approximate surface area is 117 Å². The van der Waals surface area contributed by atoms with Crippen LogP contribution in [0.5, 0.6) is 0 Å². The van der Waals surface area contributed by atoms with Crippen molar-refractivity contribution in [1.82, 2.24) is 14.9 Å². The number of nitrogens with one attached hydrogen (secondary N) is 1. The number of rotatable bonds is 7. The molecule has 0 aliphatic carbocycles. The zero-order chi connectivity index (χ0) is 14.4. The average Bonchev–Trinajstić information content (AvgIpc) is 2.87. The zero-order valence-corrected chi connectivity index (χ0v) is 11.5. The molecule has 0 atom stereocenters. The molecule has 0 amide bonds. The van der Waals surface area contributed by atoms with E-state index < -0.39 is 0 Å². The van der Waals surface area contributed by atoms with Crippen LogP contribution in [0, 0.1) is 10.1 Å². The zero-order valence-electron chi connectivity index (χ0n) is 11.5. The maximum absolute atomic E-state index is 10.6. The van der Waals surface area contributed by atoms with Gasteiger partial charge in [-0.25, -0.2) is 4.98 Å². The highest BCUT2D eigenvalue weighted by molar-refractivity contribution is 5.32. The fourth-order valence-corrected chi connectivity index (χ4v) is 2.01. The van der Waals surface area contributed by atoms with Gasteiger partial charge in [-0.15, -0.1) is 0 Å². The van der Waals surface area contributed by atoms with Crippen molar-refractivity contribution >= 4 is 5.69 Å². The van der Waals surface area contributed by atoms with Gasteiger partial charge in [-0.1, -0.05) is 19.1 Å². The van der Waals surface area contributed by atoms with Crippen LogP contribution in [-0.2, 0) is 19.6 Å². The number of imidazole rings is 1. The molecule has 0 aliphatic heterocycles. The Morgan fingerprint density at radius 2 is 2.05 bits per heavy atom. The number of benzene rings is 1. The molecule has 0 unspecified atom stereocenters. The van der Waals surface area contributed by atoms with Crippen LogP contribution in [0.15, 0.2) is 36.8 Å². The molecule has 0 saturated heterocycles. The Morgan fingerprint density at radius 1 is 1.30 bits per heavy atom. The van der Waals surface area contributed by atoms with E-state index in [1.807, 2.05) is 12.5 Å². The highest BCUT2D eigenvalue weighted by Gasteiger charge is 2.04. The van der Waals surface area contributed by atoms with Crippen LogP contribution in [0.1, 0.15) is 24.6 Å². The molecule has 1 aromatic carbocycles. The van der Waals surface area contributed by atoms with Gasteiger partial charge in [0.15, 0.2) is 0 Å². The summed E-state index contributed by atoms with van der Waals surface area (Å²) in [4.78, 5) is 14.3. The predicted octanol–water partition coefficient (Wildman–Crippen LogP) is 2.49. The summed E-state index contributed by atoms with van der Waals surface area (Å²) in [6.45, 7) is 4.51. The van der Waals surface area contributed by atoms with E-state index in [1.165, 1.54) is 12.1 Å². The average molecular weight is 274 g/mol. The summed E-state index contributed by atoms with van der Waals surface area (Å²) in [5.74, 6) is 0. The molecule has 0 radical (unpaired) electrons. The summed E-state index contributed by atoms with van der Waals surface area (Å²) in [6, 6.07) is 6.60. The SMILES string of the molecule is CCCn1cncc1CNCc1ccc([N+](=O)[O-])cc1. The second kappa shape index (κ2) is 6.81. The van der Waals surface area contributed by atoms with E-state index >= 15 is 0 Å². The number of hydrogen-bond acceptors (Lipinski definition) is 4. The van der Waals surface area contributed by atoms with Crippen LogP contribution >= 0.6 is 0 Å². The standard InChI is InChI=1S/C14H18N4O2/c1-2-7-17-11-16-10-14(17)9-15-8-12-3-5-13(6-4-12)18(19)20/h3-6,10-11,15H,2,7-9H2,1H3. The van der Waals surface area contributed by atoms with Gasteiger partial charge in [0, 0.05) is 38.0 Å². The first-order valence-corrected chi connectivity index (χ1v) is 6.63. The molecule has 0 fully saturated rings. The molecule has 0 spiro atoms. The number of nitrogens with zero attached hydrogens (tertiary/aromatic N) is 3. The number of non-ortho nitro benzene ring substituents is 1. The van der Waals surface area contributed by atoms with Gasteiger partial charge in [0.2, 0.25) is 0 Å². The maximum Gasteiger partial charge on any atom is 0.269 e. The Morgan fingerprint density at radius 3 is 2.70 bits per heavy atom. The third kappa shape index (κ3) is 3.64. The van der Waals surface area contributed by atoms with Crippen molar-refractivity contribution in [3.63, 3.8) is 0 Å². The lowest BCUT2D eigenvalue weighted by molar-refractivity contribution is -0.384. The lowest BCUT2D eigenvalue weighted by atomic mass is 10.2. The molecule has 0 bridgehead atoms. The van der Waals surface area contributed by atoms with E-state index in [9.17, 15) is 10.1 Å². The van der Waals surface area contributed by atoms with Crippen molar-refractivity contribution in [2.45, 2.75) is 33.0 Å². The van der Waals surface area contributed by atoms with Gasteiger partial charge in [-0.2, -0.15) is 0 Å². The Balaban J connectivity index is 1.86. The minimum absolute atomic E-state index is 0.120. The summed E-state index contributed by atoms with van der Waals surface area (Å²) in [5.41, 5.74) is 2.29. The number of nitro benzene ring substituents is 1. The second-order valence-corrected chi connectivity index (χ2v) is 4.61. The number of nitro groups is 1. The smallest absolute Gasteiger partial charge is 0.269 e. The molecule has 1 heterocycles. The Hall–Kier alpha value is -2.21. The first kappa shape index (κ1) is 14.2. The molecular formula is C14H18N4O2. The quantitative estimate of drug-likeness (QED) is 0.622. The lowest BCUT2D eigenvalue weighted by Crippen LogP contribution is -2.15. The van der Waals surface area contributed by atoms with Crippen LogP contribution in [0.2, 0.25) is 0 Å². The van der Waals surface area contributed by atoms with Crippen molar-refractivity contribution in [3.05, 3.63) is 58.2 Å². The van der Waals surface area contributed by atoms with Crippen molar-refractivity contribution in [2.24, 2.45) is 0 Å². The molecule has 2 rings (SSSR count). The highest BCUT2D eigenvalue weighted by Crippen LogP contribution is 2.11. The Kier molecular flexibility index (Phi) is 4.84. The van der Waals surface area contributed by atoms with Crippen molar-refractivity contribution < 1.29 is 4.92 Å². The van der Waals surface area contributed by atoms with E-state index in [2.05, 4.69) is 21.8 Å². The van der Waals surface area contributed by atoms with Crippen molar-refractivity contribution in [3.8, 4) is 0 Å². The third-order valence-corrected chi connectivity index (χ3v) is 3.05. The molecule has 6 heteroatoms. The summed E-state index contributed by atoms with van der Waals surface area (Å²) >= 11 is 0. The fraction of sp³-hybridized carbons (Fsp3) is 0.357. The van der Waals surface area contributed by atoms with Gasteiger partial charge in [0.1, 0.15) is 0 Å². The molecule has 1 aromatic heterocycles. The first-order chi connectivity index (χ1) is 9.70. The molecule has 0 aliphatic rings. The summed E-state index contributed by atoms with van der Waals surface area (Å²) in [7, 11) is 0.